The molecule has 31 heavy (non-hydrogen) atoms. The van der Waals surface area contributed by atoms with Crippen LogP contribution in [0.15, 0.2) is 53.4 Å². The Morgan fingerprint density at radius 1 is 0.968 bits per heavy atom. The van der Waals surface area contributed by atoms with E-state index in [1.165, 1.54) is 28.6 Å². The molecule has 1 fully saturated rings. The number of anilines is 1. The molecule has 8 nitrogen and oxygen atoms in total. The van der Waals surface area contributed by atoms with Crippen molar-refractivity contribution in [1.82, 2.24) is 4.31 Å². The maximum absolute atomic E-state index is 12.7. The number of hydrogen-bond donors (Lipinski definition) is 1. The van der Waals surface area contributed by atoms with Crippen molar-refractivity contribution in [2.75, 3.05) is 31.6 Å². The minimum Gasteiger partial charge on any atom is -0.494 e. The van der Waals surface area contributed by atoms with Crippen molar-refractivity contribution in [2.24, 2.45) is 0 Å². The van der Waals surface area contributed by atoms with Crippen LogP contribution in [0, 0.1) is 0 Å². The largest absolute Gasteiger partial charge is 0.494 e. The fourth-order valence-corrected chi connectivity index (χ4v) is 4.75. The van der Waals surface area contributed by atoms with Gasteiger partial charge in [0, 0.05) is 18.8 Å². The number of ether oxygens (including phenoxy) is 2. The third-order valence-electron chi connectivity index (χ3n) is 4.83. The SMILES string of the molecule is CCOc1ccc(NC(=O)COC(=O)c2ccc(S(=O)(=O)N3CCCCC3)cc2)cc1. The maximum atomic E-state index is 12.7. The van der Waals surface area contributed by atoms with Crippen molar-refractivity contribution >= 4 is 27.6 Å². The molecule has 1 amide bonds. The van der Waals surface area contributed by atoms with E-state index in [9.17, 15) is 18.0 Å². The number of hydrogen-bond acceptors (Lipinski definition) is 6. The first-order valence-electron chi connectivity index (χ1n) is 10.2. The first-order valence-corrected chi connectivity index (χ1v) is 11.6. The number of sulfonamides is 1. The molecule has 1 aliphatic heterocycles. The summed E-state index contributed by atoms with van der Waals surface area (Å²) in [5, 5.41) is 2.63. The first kappa shape index (κ1) is 22.8. The summed E-state index contributed by atoms with van der Waals surface area (Å²) in [7, 11) is -3.56. The number of carbonyl (C=O) groups is 2. The highest BCUT2D eigenvalue weighted by atomic mass is 32.2. The second kappa shape index (κ2) is 10.4. The molecular formula is C22H26N2O6S. The Hall–Kier alpha value is -2.91. The summed E-state index contributed by atoms with van der Waals surface area (Å²) in [5.41, 5.74) is 0.725. The third kappa shape index (κ3) is 6.05. The van der Waals surface area contributed by atoms with Crippen molar-refractivity contribution < 1.29 is 27.5 Å². The van der Waals surface area contributed by atoms with Crippen molar-refractivity contribution in [3.63, 3.8) is 0 Å². The van der Waals surface area contributed by atoms with Gasteiger partial charge in [-0.1, -0.05) is 6.42 Å². The Morgan fingerprint density at radius 2 is 1.61 bits per heavy atom. The summed E-state index contributed by atoms with van der Waals surface area (Å²) in [6, 6.07) is 12.4. The molecule has 0 unspecified atom stereocenters. The van der Waals surface area contributed by atoms with E-state index >= 15 is 0 Å². The molecule has 0 aromatic heterocycles. The van der Waals surface area contributed by atoms with Crippen molar-refractivity contribution in [1.29, 1.82) is 0 Å². The van der Waals surface area contributed by atoms with Crippen LogP contribution in [0.25, 0.3) is 0 Å². The number of benzene rings is 2. The Kier molecular flexibility index (Phi) is 7.64. The molecule has 0 radical (unpaired) electrons. The van der Waals surface area contributed by atoms with Crippen LogP contribution >= 0.6 is 0 Å². The van der Waals surface area contributed by atoms with E-state index in [4.69, 9.17) is 9.47 Å². The number of nitrogens with zero attached hydrogens (tertiary/aromatic N) is 1. The molecule has 166 valence electrons. The molecular weight excluding hydrogens is 420 g/mol. The van der Waals surface area contributed by atoms with Crippen LogP contribution in [0.5, 0.6) is 5.75 Å². The van der Waals surface area contributed by atoms with Crippen LogP contribution in [0.4, 0.5) is 5.69 Å². The van der Waals surface area contributed by atoms with Crippen molar-refractivity contribution in [3.05, 3.63) is 54.1 Å². The van der Waals surface area contributed by atoms with Gasteiger partial charge in [-0.3, -0.25) is 4.79 Å². The van der Waals surface area contributed by atoms with E-state index in [1.54, 1.807) is 24.3 Å². The number of amides is 1. The van der Waals surface area contributed by atoms with Gasteiger partial charge in [0.15, 0.2) is 6.61 Å². The fourth-order valence-electron chi connectivity index (χ4n) is 3.23. The Labute approximate surface area is 182 Å². The lowest BCUT2D eigenvalue weighted by Gasteiger charge is -2.25. The van der Waals surface area contributed by atoms with E-state index in [0.717, 1.165) is 19.3 Å². The summed E-state index contributed by atoms with van der Waals surface area (Å²) < 4.78 is 37.2. The van der Waals surface area contributed by atoms with Crippen LogP contribution in [0.3, 0.4) is 0 Å². The summed E-state index contributed by atoms with van der Waals surface area (Å²) in [6.07, 6.45) is 2.73. The zero-order chi connectivity index (χ0) is 22.3. The lowest BCUT2D eigenvalue weighted by Crippen LogP contribution is -2.35. The normalized spacial score (nSPS) is 14.6. The number of rotatable bonds is 8. The van der Waals surface area contributed by atoms with Crippen LogP contribution in [-0.4, -0.2) is 50.9 Å². The van der Waals surface area contributed by atoms with Gasteiger partial charge in [0.25, 0.3) is 5.91 Å². The second-order valence-electron chi connectivity index (χ2n) is 7.07. The molecule has 9 heteroatoms. The molecule has 2 aromatic carbocycles. The number of esters is 1. The number of nitrogens with one attached hydrogen (secondary N) is 1. The molecule has 0 bridgehead atoms. The standard InChI is InChI=1S/C22H26N2O6S/c1-2-29-19-10-8-18(9-11-19)23-21(25)16-30-22(26)17-6-12-20(13-7-17)31(27,28)24-14-4-3-5-15-24/h6-13H,2-5,14-16H2,1H3,(H,23,25). The molecule has 1 saturated heterocycles. The van der Waals surface area contributed by atoms with Crippen LogP contribution in [-0.2, 0) is 19.6 Å². The number of piperidine rings is 1. The highest BCUT2D eigenvalue weighted by Crippen LogP contribution is 2.21. The predicted octanol–water partition coefficient (Wildman–Crippen LogP) is 3.06. The van der Waals surface area contributed by atoms with Gasteiger partial charge < -0.3 is 14.8 Å². The van der Waals surface area contributed by atoms with Gasteiger partial charge in [-0.25, -0.2) is 13.2 Å². The Balaban J connectivity index is 1.52. The molecule has 1 N–H and O–H groups in total. The van der Waals surface area contributed by atoms with E-state index in [1.807, 2.05) is 6.92 Å². The molecule has 1 aliphatic rings. The van der Waals surface area contributed by atoms with Gasteiger partial charge >= 0.3 is 5.97 Å². The first-order chi connectivity index (χ1) is 14.9. The summed E-state index contributed by atoms with van der Waals surface area (Å²) >= 11 is 0. The molecule has 0 saturated carbocycles. The number of carbonyl (C=O) groups excluding carboxylic acids is 2. The van der Waals surface area contributed by atoms with Crippen LogP contribution < -0.4 is 10.1 Å². The Bertz CT molecular complexity index is 997. The summed E-state index contributed by atoms with van der Waals surface area (Å²) in [5.74, 6) is -0.497. The van der Waals surface area contributed by atoms with Crippen molar-refractivity contribution in [3.8, 4) is 5.75 Å². The molecule has 0 spiro atoms. The molecule has 0 aliphatic carbocycles. The quantitative estimate of drug-likeness (QED) is 0.626. The van der Waals surface area contributed by atoms with Crippen LogP contribution in [0.1, 0.15) is 36.5 Å². The van der Waals surface area contributed by atoms with Gasteiger partial charge in [0.2, 0.25) is 10.0 Å². The average molecular weight is 447 g/mol. The van der Waals surface area contributed by atoms with Crippen LogP contribution in [0.2, 0.25) is 0 Å². The topological polar surface area (TPSA) is 102 Å². The molecule has 2 aromatic rings. The lowest BCUT2D eigenvalue weighted by molar-refractivity contribution is -0.119. The molecule has 0 atom stereocenters. The zero-order valence-electron chi connectivity index (χ0n) is 17.4. The van der Waals surface area contributed by atoms with Crippen molar-refractivity contribution in [2.45, 2.75) is 31.1 Å². The fraction of sp³-hybridized carbons (Fsp3) is 0.364. The van der Waals surface area contributed by atoms with Gasteiger partial charge in [-0.15, -0.1) is 0 Å². The van der Waals surface area contributed by atoms with Gasteiger partial charge in [0.05, 0.1) is 17.1 Å². The Morgan fingerprint density at radius 3 is 2.23 bits per heavy atom. The molecule has 1 heterocycles. The van der Waals surface area contributed by atoms with E-state index < -0.39 is 28.5 Å². The summed E-state index contributed by atoms with van der Waals surface area (Å²) in [4.78, 5) is 24.4. The zero-order valence-corrected chi connectivity index (χ0v) is 18.2. The van der Waals surface area contributed by atoms with Gasteiger partial charge in [0.1, 0.15) is 5.75 Å². The van der Waals surface area contributed by atoms with E-state index in [2.05, 4.69) is 5.32 Å². The van der Waals surface area contributed by atoms with Gasteiger partial charge in [-0.05, 0) is 68.3 Å². The third-order valence-corrected chi connectivity index (χ3v) is 6.74. The highest BCUT2D eigenvalue weighted by molar-refractivity contribution is 7.89. The minimum atomic E-state index is -3.56. The lowest BCUT2D eigenvalue weighted by atomic mass is 10.2. The molecule has 3 rings (SSSR count). The van der Waals surface area contributed by atoms with E-state index in [0.29, 0.717) is 31.1 Å². The van der Waals surface area contributed by atoms with Gasteiger partial charge in [-0.2, -0.15) is 4.31 Å². The van der Waals surface area contributed by atoms with E-state index in [-0.39, 0.29) is 10.5 Å². The predicted molar refractivity (Wildman–Crippen MR) is 116 cm³/mol. The highest BCUT2D eigenvalue weighted by Gasteiger charge is 2.26. The summed E-state index contributed by atoms with van der Waals surface area (Å²) in [6.45, 7) is 2.99. The monoisotopic (exact) mass is 446 g/mol. The smallest absolute Gasteiger partial charge is 0.338 e. The second-order valence-corrected chi connectivity index (χ2v) is 9.01. The minimum absolute atomic E-state index is 0.138. The maximum Gasteiger partial charge on any atom is 0.338 e. The average Bonchev–Trinajstić information content (AvgIpc) is 2.79.